The molecule has 0 aliphatic heterocycles. The summed E-state index contributed by atoms with van der Waals surface area (Å²) in [6, 6.07) is 16.0. The smallest absolute Gasteiger partial charge is 0.183 e. The summed E-state index contributed by atoms with van der Waals surface area (Å²) in [5.74, 6) is -0.442. The van der Waals surface area contributed by atoms with E-state index in [1.54, 1.807) is 48.5 Å². The number of benzene rings is 2. The van der Waals surface area contributed by atoms with Crippen LogP contribution in [0, 0.1) is 23.7 Å². The molecule has 0 amide bonds. The predicted octanol–water partition coefficient (Wildman–Crippen LogP) is 4.13. The second kappa shape index (κ2) is 7.03. The van der Waals surface area contributed by atoms with Crippen molar-refractivity contribution in [2.24, 2.45) is 5.41 Å². The zero-order valence-corrected chi connectivity index (χ0v) is 16.2. The first kappa shape index (κ1) is 18.9. The number of ether oxygens (including phenoxy) is 1. The van der Waals surface area contributed by atoms with Gasteiger partial charge in [-0.3, -0.25) is 0 Å². The number of nitriles is 1. The molecule has 0 saturated heterocycles. The number of sulfone groups is 1. The molecule has 3 atom stereocenters. The van der Waals surface area contributed by atoms with Crippen LogP contribution in [0.3, 0.4) is 0 Å². The third kappa shape index (κ3) is 3.14. The molecule has 0 unspecified atom stereocenters. The molecule has 0 bridgehead atoms. The summed E-state index contributed by atoms with van der Waals surface area (Å²) in [6.45, 7) is 4.24. The Morgan fingerprint density at radius 1 is 1.15 bits per heavy atom. The topological polar surface area (TPSA) is 67.2 Å². The SMILES string of the molecule is CCOC[C@@]1(C#N)[C@@H](c2ccc(Cl)cc2)[C@@H]1S(=O)(=O)c1ccc(C)cc1. The highest BCUT2D eigenvalue weighted by Gasteiger charge is 2.72. The van der Waals surface area contributed by atoms with Crippen LogP contribution in [0.5, 0.6) is 0 Å². The van der Waals surface area contributed by atoms with Gasteiger partial charge in [0.1, 0.15) is 5.41 Å². The molecule has 2 aromatic carbocycles. The quantitative estimate of drug-likeness (QED) is 0.744. The van der Waals surface area contributed by atoms with Crippen LogP contribution in [0.25, 0.3) is 0 Å². The number of rotatable bonds is 6. The van der Waals surface area contributed by atoms with Gasteiger partial charge in [-0.05, 0) is 43.7 Å². The van der Waals surface area contributed by atoms with E-state index in [1.165, 1.54) is 0 Å². The number of hydrogen-bond acceptors (Lipinski definition) is 4. The fourth-order valence-electron chi connectivity index (χ4n) is 3.49. The molecular weight excluding hydrogens is 370 g/mol. The molecule has 1 aliphatic carbocycles. The normalized spacial score (nSPS) is 24.8. The Bertz CT molecular complexity index is 933. The predicted molar refractivity (Wildman–Crippen MR) is 101 cm³/mol. The summed E-state index contributed by atoms with van der Waals surface area (Å²) >= 11 is 5.95. The fourth-order valence-corrected chi connectivity index (χ4v) is 5.92. The van der Waals surface area contributed by atoms with E-state index in [1.807, 2.05) is 13.8 Å². The molecule has 1 aliphatic rings. The zero-order chi connectivity index (χ0) is 18.9. The zero-order valence-electron chi connectivity index (χ0n) is 14.6. The third-order valence-corrected chi connectivity index (χ3v) is 7.47. The molecule has 2 aromatic rings. The molecule has 1 fully saturated rings. The van der Waals surface area contributed by atoms with Crippen molar-refractivity contribution in [2.75, 3.05) is 13.2 Å². The second-order valence-electron chi connectivity index (χ2n) is 6.60. The number of aryl methyl sites for hydroxylation is 1. The van der Waals surface area contributed by atoms with Crippen molar-refractivity contribution in [3.05, 3.63) is 64.7 Å². The average molecular weight is 390 g/mol. The number of hydrogen-bond donors (Lipinski definition) is 0. The Morgan fingerprint density at radius 2 is 1.77 bits per heavy atom. The molecule has 0 heterocycles. The van der Waals surface area contributed by atoms with Crippen LogP contribution in [0.2, 0.25) is 5.02 Å². The van der Waals surface area contributed by atoms with Gasteiger partial charge in [-0.2, -0.15) is 5.26 Å². The lowest BCUT2D eigenvalue weighted by atomic mass is 10.0. The van der Waals surface area contributed by atoms with Crippen molar-refractivity contribution in [1.82, 2.24) is 0 Å². The highest BCUT2D eigenvalue weighted by Crippen LogP contribution is 2.64. The summed E-state index contributed by atoms with van der Waals surface area (Å²) in [5, 5.41) is 9.61. The average Bonchev–Trinajstić information content (AvgIpc) is 3.31. The van der Waals surface area contributed by atoms with Crippen LogP contribution in [0.4, 0.5) is 0 Å². The second-order valence-corrected chi connectivity index (χ2v) is 9.10. The summed E-state index contributed by atoms with van der Waals surface area (Å²) in [6.07, 6.45) is 0. The van der Waals surface area contributed by atoms with Crippen molar-refractivity contribution in [1.29, 1.82) is 5.26 Å². The molecule has 1 saturated carbocycles. The Morgan fingerprint density at radius 3 is 2.31 bits per heavy atom. The van der Waals surface area contributed by atoms with Crippen LogP contribution in [0.1, 0.15) is 24.0 Å². The van der Waals surface area contributed by atoms with E-state index in [0.717, 1.165) is 11.1 Å². The van der Waals surface area contributed by atoms with Gasteiger partial charge in [-0.25, -0.2) is 8.42 Å². The molecule has 3 rings (SSSR count). The summed E-state index contributed by atoms with van der Waals surface area (Å²) in [4.78, 5) is 0.237. The largest absolute Gasteiger partial charge is 0.380 e. The Balaban J connectivity index is 2.05. The van der Waals surface area contributed by atoms with E-state index in [2.05, 4.69) is 6.07 Å². The maximum absolute atomic E-state index is 13.3. The van der Waals surface area contributed by atoms with E-state index < -0.39 is 26.4 Å². The van der Waals surface area contributed by atoms with E-state index >= 15 is 0 Å². The molecule has 4 nitrogen and oxygen atoms in total. The van der Waals surface area contributed by atoms with Gasteiger partial charge in [-0.1, -0.05) is 41.4 Å². The summed E-state index contributed by atoms with van der Waals surface area (Å²) in [7, 11) is -3.68. The first-order chi connectivity index (χ1) is 12.4. The maximum atomic E-state index is 13.3. The van der Waals surface area contributed by atoms with Gasteiger partial charge < -0.3 is 4.74 Å². The van der Waals surface area contributed by atoms with Crippen molar-refractivity contribution < 1.29 is 13.2 Å². The van der Waals surface area contributed by atoms with Gasteiger partial charge in [-0.15, -0.1) is 0 Å². The van der Waals surface area contributed by atoms with Crippen LogP contribution in [-0.4, -0.2) is 26.9 Å². The van der Waals surface area contributed by atoms with Crippen LogP contribution >= 0.6 is 11.6 Å². The van der Waals surface area contributed by atoms with E-state index in [-0.39, 0.29) is 11.5 Å². The molecular formula is C20H20ClNO3S. The highest BCUT2D eigenvalue weighted by atomic mass is 35.5. The van der Waals surface area contributed by atoms with Gasteiger partial charge in [0.25, 0.3) is 0 Å². The standard InChI is InChI=1S/C20H20ClNO3S/c1-3-25-13-20(12-22)18(15-6-8-16(21)9-7-15)19(20)26(23,24)17-10-4-14(2)5-11-17/h4-11,18-19H,3,13H2,1-2H3/t18-,19-,20-/m0/s1. The lowest BCUT2D eigenvalue weighted by molar-refractivity contribution is 0.117. The van der Waals surface area contributed by atoms with Crippen LogP contribution < -0.4 is 0 Å². The van der Waals surface area contributed by atoms with Crippen molar-refractivity contribution in [2.45, 2.75) is 29.9 Å². The molecule has 26 heavy (non-hydrogen) atoms. The third-order valence-electron chi connectivity index (χ3n) is 4.92. The number of halogens is 1. The van der Waals surface area contributed by atoms with Gasteiger partial charge >= 0.3 is 0 Å². The van der Waals surface area contributed by atoms with Crippen LogP contribution in [0.15, 0.2) is 53.4 Å². The van der Waals surface area contributed by atoms with Gasteiger partial charge in [0.05, 0.1) is 22.8 Å². The minimum absolute atomic E-state index is 0.0864. The lowest BCUT2D eigenvalue weighted by Crippen LogP contribution is -2.19. The Labute approximate surface area is 159 Å². The molecule has 6 heteroatoms. The summed E-state index contributed by atoms with van der Waals surface area (Å²) in [5.41, 5.74) is 0.680. The highest BCUT2D eigenvalue weighted by molar-refractivity contribution is 7.92. The summed E-state index contributed by atoms with van der Waals surface area (Å²) < 4.78 is 32.0. The first-order valence-electron chi connectivity index (χ1n) is 8.42. The van der Waals surface area contributed by atoms with Gasteiger partial charge in [0.15, 0.2) is 9.84 Å². The molecule has 0 radical (unpaired) electrons. The van der Waals surface area contributed by atoms with Crippen molar-refractivity contribution in [3.8, 4) is 6.07 Å². The molecule has 0 spiro atoms. The minimum atomic E-state index is -3.68. The fraction of sp³-hybridized carbons (Fsp3) is 0.350. The maximum Gasteiger partial charge on any atom is 0.183 e. The van der Waals surface area contributed by atoms with Gasteiger partial charge in [0, 0.05) is 17.5 Å². The first-order valence-corrected chi connectivity index (χ1v) is 10.3. The molecule has 136 valence electrons. The minimum Gasteiger partial charge on any atom is -0.380 e. The number of nitrogens with zero attached hydrogens (tertiary/aromatic N) is 1. The Hall–Kier alpha value is -1.87. The van der Waals surface area contributed by atoms with Crippen molar-refractivity contribution in [3.63, 3.8) is 0 Å². The Kier molecular flexibility index (Phi) is 5.12. The van der Waals surface area contributed by atoms with Crippen LogP contribution in [-0.2, 0) is 14.6 Å². The monoisotopic (exact) mass is 389 g/mol. The van der Waals surface area contributed by atoms with Crippen molar-refractivity contribution >= 4 is 21.4 Å². The molecule has 0 aromatic heterocycles. The van der Waals surface area contributed by atoms with E-state index in [0.29, 0.717) is 11.6 Å². The molecule has 0 N–H and O–H groups in total. The van der Waals surface area contributed by atoms with E-state index in [4.69, 9.17) is 16.3 Å². The van der Waals surface area contributed by atoms with E-state index in [9.17, 15) is 13.7 Å². The lowest BCUT2D eigenvalue weighted by Gasteiger charge is -2.10. The van der Waals surface area contributed by atoms with Gasteiger partial charge in [0.2, 0.25) is 0 Å².